The minimum atomic E-state index is -0.587. The molecule has 94 valence electrons. The quantitative estimate of drug-likeness (QED) is 0.264. The van der Waals surface area contributed by atoms with E-state index in [1.54, 1.807) is 0 Å². The highest BCUT2D eigenvalue weighted by Gasteiger charge is 2.15. The Labute approximate surface area is 99.1 Å². The number of amides is 1. The summed E-state index contributed by atoms with van der Waals surface area (Å²) in [7, 11) is 1.36. The highest BCUT2D eigenvalue weighted by atomic mass is 16.6. The van der Waals surface area contributed by atoms with Crippen molar-refractivity contribution in [1.29, 1.82) is 0 Å². The van der Waals surface area contributed by atoms with Crippen LogP contribution in [0.3, 0.4) is 0 Å². The number of carbonyl (C=O) groups is 1. The second-order valence-electron chi connectivity index (χ2n) is 2.94. The van der Waals surface area contributed by atoms with Crippen molar-refractivity contribution in [2.24, 2.45) is 5.84 Å². The normalized spacial score (nSPS) is 8.94. The van der Waals surface area contributed by atoms with Crippen molar-refractivity contribution in [2.45, 2.75) is 13.8 Å². The van der Waals surface area contributed by atoms with Gasteiger partial charge in [0.05, 0.1) is 16.2 Å². The van der Waals surface area contributed by atoms with E-state index in [-0.39, 0.29) is 16.9 Å². The number of hydrazine groups is 1. The molecule has 0 bridgehead atoms. The zero-order valence-electron chi connectivity index (χ0n) is 10.0. The van der Waals surface area contributed by atoms with Crippen LogP contribution in [-0.4, -0.2) is 22.9 Å². The van der Waals surface area contributed by atoms with Gasteiger partial charge < -0.3 is 5.73 Å². The van der Waals surface area contributed by atoms with E-state index in [0.717, 1.165) is 11.1 Å². The topological polar surface area (TPSA) is 115 Å². The van der Waals surface area contributed by atoms with E-state index in [9.17, 15) is 14.9 Å². The molecule has 0 saturated heterocycles. The second kappa shape index (κ2) is 6.44. The summed E-state index contributed by atoms with van der Waals surface area (Å²) in [5.74, 6) is 4.73. The van der Waals surface area contributed by atoms with Crippen LogP contribution in [0.4, 0.5) is 11.4 Å². The van der Waals surface area contributed by atoms with Gasteiger partial charge in [-0.15, -0.1) is 0 Å². The lowest BCUT2D eigenvalue weighted by Crippen LogP contribution is -2.33. The van der Waals surface area contributed by atoms with Gasteiger partial charge in [0.25, 0.3) is 11.6 Å². The molecule has 0 spiro atoms. The Morgan fingerprint density at radius 1 is 1.41 bits per heavy atom. The standard InChI is InChI=1S/C8H10N4O3.C2H6/c1-11(10)8(13)6-3-2-5(12(14)15)4-7(6)9;1-2/h2-4H,9-10H2,1H3;1-2H3. The van der Waals surface area contributed by atoms with E-state index >= 15 is 0 Å². The third-order valence-electron chi connectivity index (χ3n) is 1.80. The lowest BCUT2D eigenvalue weighted by Gasteiger charge is -2.11. The van der Waals surface area contributed by atoms with Gasteiger partial charge in [0.1, 0.15) is 0 Å². The van der Waals surface area contributed by atoms with Crippen molar-refractivity contribution in [2.75, 3.05) is 12.8 Å². The maximum atomic E-state index is 11.4. The predicted octanol–water partition coefficient (Wildman–Crippen LogP) is 1.15. The Balaban J connectivity index is 0.00000121. The van der Waals surface area contributed by atoms with Gasteiger partial charge in [-0.05, 0) is 6.07 Å². The van der Waals surface area contributed by atoms with Crippen LogP contribution < -0.4 is 11.6 Å². The first-order valence-electron chi connectivity index (χ1n) is 5.00. The molecule has 17 heavy (non-hydrogen) atoms. The molecule has 0 saturated carbocycles. The van der Waals surface area contributed by atoms with Crippen LogP contribution in [-0.2, 0) is 0 Å². The zero-order chi connectivity index (χ0) is 13.6. The molecule has 0 fully saturated rings. The second-order valence-corrected chi connectivity index (χ2v) is 2.94. The SMILES string of the molecule is CC.CN(N)C(=O)c1ccc([N+](=O)[O-])cc1N. The number of nitro benzene ring substituents is 1. The van der Waals surface area contributed by atoms with Gasteiger partial charge in [0, 0.05) is 19.2 Å². The molecular formula is C10H16N4O3. The Kier molecular flexibility index (Phi) is 5.62. The fourth-order valence-electron chi connectivity index (χ4n) is 1.05. The predicted molar refractivity (Wildman–Crippen MR) is 65.1 cm³/mol. The Morgan fingerprint density at radius 2 is 1.94 bits per heavy atom. The van der Waals surface area contributed by atoms with Gasteiger partial charge in [-0.25, -0.2) is 5.84 Å². The van der Waals surface area contributed by atoms with E-state index in [1.165, 1.54) is 19.2 Å². The monoisotopic (exact) mass is 240 g/mol. The Morgan fingerprint density at radius 3 is 2.29 bits per heavy atom. The summed E-state index contributed by atoms with van der Waals surface area (Å²) in [4.78, 5) is 21.2. The molecule has 0 atom stereocenters. The van der Waals surface area contributed by atoms with Crippen molar-refractivity contribution in [3.05, 3.63) is 33.9 Å². The van der Waals surface area contributed by atoms with Crippen LogP contribution in [0, 0.1) is 10.1 Å². The lowest BCUT2D eigenvalue weighted by molar-refractivity contribution is -0.384. The number of nitro groups is 1. The number of anilines is 1. The fraction of sp³-hybridized carbons (Fsp3) is 0.300. The molecule has 0 aliphatic rings. The number of carbonyl (C=O) groups excluding carboxylic acids is 1. The van der Waals surface area contributed by atoms with E-state index in [4.69, 9.17) is 11.6 Å². The molecule has 0 heterocycles. The summed E-state index contributed by atoms with van der Waals surface area (Å²) >= 11 is 0. The minimum Gasteiger partial charge on any atom is -0.398 e. The van der Waals surface area contributed by atoms with Gasteiger partial charge in [-0.1, -0.05) is 13.8 Å². The molecule has 0 radical (unpaired) electrons. The van der Waals surface area contributed by atoms with Crippen LogP contribution >= 0.6 is 0 Å². The summed E-state index contributed by atoms with van der Waals surface area (Å²) in [6, 6.07) is 3.60. The third kappa shape index (κ3) is 3.72. The Hall–Kier alpha value is -2.15. The van der Waals surface area contributed by atoms with Crippen molar-refractivity contribution in [3.63, 3.8) is 0 Å². The smallest absolute Gasteiger partial charge is 0.271 e. The highest BCUT2D eigenvalue weighted by Crippen LogP contribution is 2.20. The molecular weight excluding hydrogens is 224 g/mol. The molecule has 0 aliphatic carbocycles. The first-order valence-corrected chi connectivity index (χ1v) is 5.00. The number of nitrogen functional groups attached to an aromatic ring is 1. The number of hydrogen-bond acceptors (Lipinski definition) is 5. The minimum absolute atomic E-state index is 0.0338. The third-order valence-corrected chi connectivity index (χ3v) is 1.80. The number of non-ortho nitro benzene ring substituents is 1. The van der Waals surface area contributed by atoms with Crippen LogP contribution in [0.15, 0.2) is 18.2 Å². The molecule has 7 nitrogen and oxygen atoms in total. The summed E-state index contributed by atoms with van der Waals surface area (Å²) in [5, 5.41) is 11.3. The van der Waals surface area contributed by atoms with Gasteiger partial charge in [0.15, 0.2) is 0 Å². The zero-order valence-corrected chi connectivity index (χ0v) is 10.0. The molecule has 4 N–H and O–H groups in total. The average Bonchev–Trinajstić information content (AvgIpc) is 2.30. The van der Waals surface area contributed by atoms with Gasteiger partial charge in [-0.2, -0.15) is 0 Å². The first kappa shape index (κ1) is 14.8. The molecule has 1 aromatic carbocycles. The number of nitrogens with zero attached hydrogens (tertiary/aromatic N) is 2. The Bertz CT molecular complexity index is 418. The van der Waals surface area contributed by atoms with Gasteiger partial charge in [0.2, 0.25) is 0 Å². The first-order chi connectivity index (χ1) is 7.93. The molecule has 0 aliphatic heterocycles. The number of benzene rings is 1. The summed E-state index contributed by atoms with van der Waals surface area (Å²) in [6.07, 6.45) is 0. The van der Waals surface area contributed by atoms with Crippen molar-refractivity contribution in [3.8, 4) is 0 Å². The van der Waals surface area contributed by atoms with Crippen molar-refractivity contribution < 1.29 is 9.72 Å². The highest BCUT2D eigenvalue weighted by molar-refractivity contribution is 5.99. The molecule has 1 amide bonds. The summed E-state index contributed by atoms with van der Waals surface area (Å²) < 4.78 is 0. The summed E-state index contributed by atoms with van der Waals surface area (Å²) in [5.41, 5.74) is 5.51. The maximum Gasteiger partial charge on any atom is 0.271 e. The number of hydrogen-bond donors (Lipinski definition) is 2. The maximum absolute atomic E-state index is 11.4. The van der Waals surface area contributed by atoms with E-state index in [2.05, 4.69) is 0 Å². The van der Waals surface area contributed by atoms with Crippen LogP contribution in [0.25, 0.3) is 0 Å². The van der Waals surface area contributed by atoms with Gasteiger partial charge in [-0.3, -0.25) is 19.9 Å². The molecule has 0 aromatic heterocycles. The van der Waals surface area contributed by atoms with Gasteiger partial charge >= 0.3 is 0 Å². The number of nitrogens with two attached hydrogens (primary N) is 2. The average molecular weight is 240 g/mol. The lowest BCUT2D eigenvalue weighted by atomic mass is 10.1. The van der Waals surface area contributed by atoms with E-state index in [0.29, 0.717) is 0 Å². The molecule has 1 aromatic rings. The fourth-order valence-corrected chi connectivity index (χ4v) is 1.05. The van der Waals surface area contributed by atoms with Crippen molar-refractivity contribution in [1.82, 2.24) is 5.01 Å². The van der Waals surface area contributed by atoms with Crippen LogP contribution in [0.5, 0.6) is 0 Å². The number of rotatable bonds is 2. The molecule has 0 unspecified atom stereocenters. The van der Waals surface area contributed by atoms with E-state index in [1.807, 2.05) is 13.8 Å². The summed E-state index contributed by atoms with van der Waals surface area (Å²) in [6.45, 7) is 4.00. The van der Waals surface area contributed by atoms with Crippen LogP contribution in [0.1, 0.15) is 24.2 Å². The van der Waals surface area contributed by atoms with Crippen LogP contribution in [0.2, 0.25) is 0 Å². The molecule has 7 heteroatoms. The van der Waals surface area contributed by atoms with E-state index < -0.39 is 10.8 Å². The van der Waals surface area contributed by atoms with Crippen molar-refractivity contribution >= 4 is 17.3 Å². The molecule has 1 rings (SSSR count). The largest absolute Gasteiger partial charge is 0.398 e.